The zero-order valence-corrected chi connectivity index (χ0v) is 12.2. The third-order valence-electron chi connectivity index (χ3n) is 2.68. The lowest BCUT2D eigenvalue weighted by Crippen LogP contribution is -2.46. The van der Waals surface area contributed by atoms with Crippen molar-refractivity contribution in [2.24, 2.45) is 0 Å². The zero-order chi connectivity index (χ0) is 13.6. The maximum Gasteiger partial charge on any atom is 0.119 e. The first-order chi connectivity index (χ1) is 8.43. The van der Waals surface area contributed by atoms with Gasteiger partial charge >= 0.3 is 0 Å². The second kappa shape index (κ2) is 6.76. The minimum Gasteiger partial charge on any atom is -0.491 e. The Kier molecular flexibility index (Phi) is 5.63. The summed E-state index contributed by atoms with van der Waals surface area (Å²) in [4.78, 5) is 0. The Labute approximate surface area is 111 Å². The van der Waals surface area contributed by atoms with Crippen molar-refractivity contribution < 1.29 is 4.74 Å². The second-order valence-electron chi connectivity index (χ2n) is 5.58. The van der Waals surface area contributed by atoms with Crippen LogP contribution in [0.2, 0.25) is 0 Å². The minimum absolute atomic E-state index is 0.0991. The molecule has 3 heteroatoms. The molecule has 0 atom stereocenters. The number of nitrogens with one attached hydrogen (secondary N) is 2. The van der Waals surface area contributed by atoms with E-state index in [1.807, 2.05) is 33.0 Å². The van der Waals surface area contributed by atoms with Crippen molar-refractivity contribution >= 4 is 0 Å². The number of ether oxygens (including phenoxy) is 1. The molecule has 2 N–H and O–H groups in total. The molecule has 0 spiro atoms. The van der Waals surface area contributed by atoms with Crippen molar-refractivity contribution in [1.82, 2.24) is 10.6 Å². The molecule has 0 fully saturated rings. The fourth-order valence-electron chi connectivity index (χ4n) is 1.80. The van der Waals surface area contributed by atoms with Crippen molar-refractivity contribution in [3.63, 3.8) is 0 Å². The van der Waals surface area contributed by atoms with Gasteiger partial charge in [-0.15, -0.1) is 0 Å². The van der Waals surface area contributed by atoms with E-state index in [0.29, 0.717) is 0 Å². The number of hydrogen-bond donors (Lipinski definition) is 2. The van der Waals surface area contributed by atoms with Gasteiger partial charge in [-0.05, 0) is 52.4 Å². The van der Waals surface area contributed by atoms with Gasteiger partial charge in [-0.25, -0.2) is 0 Å². The highest BCUT2D eigenvalue weighted by atomic mass is 16.5. The quantitative estimate of drug-likeness (QED) is 0.780. The summed E-state index contributed by atoms with van der Waals surface area (Å²) in [5.41, 5.74) is 1.37. The van der Waals surface area contributed by atoms with Crippen molar-refractivity contribution in [2.45, 2.75) is 45.9 Å². The van der Waals surface area contributed by atoms with E-state index in [1.165, 1.54) is 5.56 Å². The molecule has 3 nitrogen and oxygen atoms in total. The SMILES string of the molecule is CNCC(C)(C)NCc1ccc(OC(C)C)cc1. The molecule has 0 aliphatic rings. The first kappa shape index (κ1) is 15.0. The molecule has 1 aromatic rings. The first-order valence-electron chi connectivity index (χ1n) is 6.58. The smallest absolute Gasteiger partial charge is 0.119 e. The highest BCUT2D eigenvalue weighted by molar-refractivity contribution is 5.27. The molecule has 0 saturated heterocycles. The summed E-state index contributed by atoms with van der Waals surface area (Å²) >= 11 is 0. The lowest BCUT2D eigenvalue weighted by atomic mass is 10.1. The predicted octanol–water partition coefficient (Wildman–Crippen LogP) is 2.56. The molecule has 102 valence electrons. The average Bonchev–Trinajstić information content (AvgIpc) is 2.27. The third-order valence-corrected chi connectivity index (χ3v) is 2.68. The van der Waals surface area contributed by atoms with Gasteiger partial charge in [-0.3, -0.25) is 0 Å². The largest absolute Gasteiger partial charge is 0.491 e. The maximum absolute atomic E-state index is 5.62. The summed E-state index contributed by atoms with van der Waals surface area (Å²) in [7, 11) is 1.97. The molecule has 1 rings (SSSR count). The molecule has 0 unspecified atom stereocenters. The van der Waals surface area contributed by atoms with E-state index in [2.05, 4.69) is 36.6 Å². The molecular formula is C15H26N2O. The normalized spacial score (nSPS) is 11.9. The summed E-state index contributed by atoms with van der Waals surface area (Å²) in [6.07, 6.45) is 0.225. The number of hydrogen-bond acceptors (Lipinski definition) is 3. The number of likely N-dealkylation sites (N-methyl/N-ethyl adjacent to an activating group) is 1. The van der Waals surface area contributed by atoms with Crippen molar-refractivity contribution in [3.05, 3.63) is 29.8 Å². The van der Waals surface area contributed by atoms with E-state index in [4.69, 9.17) is 4.74 Å². The Morgan fingerprint density at radius 3 is 2.28 bits per heavy atom. The third kappa shape index (κ3) is 5.52. The molecule has 0 bridgehead atoms. The topological polar surface area (TPSA) is 33.3 Å². The van der Waals surface area contributed by atoms with Gasteiger partial charge in [-0.1, -0.05) is 12.1 Å². The molecule has 0 aromatic heterocycles. The van der Waals surface area contributed by atoms with Gasteiger partial charge in [0.25, 0.3) is 0 Å². The van der Waals surface area contributed by atoms with Crippen molar-refractivity contribution in [2.75, 3.05) is 13.6 Å². The Morgan fingerprint density at radius 2 is 1.78 bits per heavy atom. The van der Waals surface area contributed by atoms with Gasteiger partial charge in [0.15, 0.2) is 0 Å². The molecule has 0 amide bonds. The molecular weight excluding hydrogens is 224 g/mol. The van der Waals surface area contributed by atoms with E-state index in [9.17, 15) is 0 Å². The van der Waals surface area contributed by atoms with E-state index in [-0.39, 0.29) is 11.6 Å². The van der Waals surface area contributed by atoms with E-state index in [0.717, 1.165) is 18.8 Å². The van der Waals surface area contributed by atoms with Crippen LogP contribution in [0.4, 0.5) is 0 Å². The average molecular weight is 250 g/mol. The minimum atomic E-state index is 0.0991. The van der Waals surface area contributed by atoms with E-state index in [1.54, 1.807) is 0 Å². The van der Waals surface area contributed by atoms with Crippen LogP contribution >= 0.6 is 0 Å². The summed E-state index contributed by atoms with van der Waals surface area (Å²) < 4.78 is 5.62. The summed E-state index contributed by atoms with van der Waals surface area (Å²) in [5.74, 6) is 0.934. The maximum atomic E-state index is 5.62. The molecule has 18 heavy (non-hydrogen) atoms. The standard InChI is InChI=1S/C15H26N2O/c1-12(2)18-14-8-6-13(7-9-14)10-17-15(3,4)11-16-5/h6-9,12,16-17H,10-11H2,1-5H3. The van der Waals surface area contributed by atoms with Crippen LogP contribution in [-0.2, 0) is 6.54 Å². The van der Waals surface area contributed by atoms with Crippen LogP contribution < -0.4 is 15.4 Å². The second-order valence-corrected chi connectivity index (χ2v) is 5.58. The highest BCUT2D eigenvalue weighted by Crippen LogP contribution is 2.14. The Balaban J connectivity index is 2.48. The monoisotopic (exact) mass is 250 g/mol. The molecule has 0 heterocycles. The predicted molar refractivity (Wildman–Crippen MR) is 77.1 cm³/mol. The number of rotatable bonds is 7. The van der Waals surface area contributed by atoms with Gasteiger partial charge in [0.1, 0.15) is 5.75 Å². The summed E-state index contributed by atoms with van der Waals surface area (Å²) in [6.45, 7) is 10.3. The van der Waals surface area contributed by atoms with E-state index >= 15 is 0 Å². The van der Waals surface area contributed by atoms with Gasteiger partial charge < -0.3 is 15.4 Å². The fraction of sp³-hybridized carbons (Fsp3) is 0.600. The van der Waals surface area contributed by atoms with Gasteiger partial charge in [-0.2, -0.15) is 0 Å². The van der Waals surface area contributed by atoms with Crippen LogP contribution in [0.5, 0.6) is 5.75 Å². The Bertz CT molecular complexity index is 344. The van der Waals surface area contributed by atoms with E-state index < -0.39 is 0 Å². The fourth-order valence-corrected chi connectivity index (χ4v) is 1.80. The Hall–Kier alpha value is -1.06. The van der Waals surface area contributed by atoms with Crippen LogP contribution in [0, 0.1) is 0 Å². The first-order valence-corrected chi connectivity index (χ1v) is 6.58. The summed E-state index contributed by atoms with van der Waals surface area (Å²) in [6, 6.07) is 8.28. The van der Waals surface area contributed by atoms with Crippen LogP contribution in [0.3, 0.4) is 0 Å². The van der Waals surface area contributed by atoms with Crippen LogP contribution in [0.1, 0.15) is 33.3 Å². The molecule has 0 aliphatic carbocycles. The molecule has 0 saturated carbocycles. The Morgan fingerprint density at radius 1 is 1.17 bits per heavy atom. The van der Waals surface area contributed by atoms with Crippen molar-refractivity contribution in [1.29, 1.82) is 0 Å². The lowest BCUT2D eigenvalue weighted by molar-refractivity contribution is 0.242. The lowest BCUT2D eigenvalue weighted by Gasteiger charge is -2.26. The van der Waals surface area contributed by atoms with Gasteiger partial charge in [0.2, 0.25) is 0 Å². The number of benzene rings is 1. The molecule has 0 radical (unpaired) electrons. The van der Waals surface area contributed by atoms with Gasteiger partial charge in [0.05, 0.1) is 6.10 Å². The van der Waals surface area contributed by atoms with Gasteiger partial charge in [0, 0.05) is 18.6 Å². The highest BCUT2D eigenvalue weighted by Gasteiger charge is 2.14. The van der Waals surface area contributed by atoms with Crippen LogP contribution in [-0.4, -0.2) is 25.2 Å². The summed E-state index contributed by atoms with van der Waals surface area (Å²) in [5, 5.41) is 6.73. The van der Waals surface area contributed by atoms with Crippen molar-refractivity contribution in [3.8, 4) is 5.75 Å². The van der Waals surface area contributed by atoms with Crippen LogP contribution in [0.25, 0.3) is 0 Å². The zero-order valence-electron chi connectivity index (χ0n) is 12.2. The molecule has 0 aliphatic heterocycles. The van der Waals surface area contributed by atoms with Crippen LogP contribution in [0.15, 0.2) is 24.3 Å². The molecule has 1 aromatic carbocycles.